The fraction of sp³-hybridized carbons (Fsp3) is 0.367. The van der Waals surface area contributed by atoms with Crippen LogP contribution >= 0.6 is 0 Å². The lowest BCUT2D eigenvalue weighted by molar-refractivity contribution is -0.0907. The van der Waals surface area contributed by atoms with Crippen molar-refractivity contribution in [3.8, 4) is 0 Å². The van der Waals surface area contributed by atoms with Gasteiger partial charge < -0.3 is 10.1 Å². The molecule has 2 atom stereocenters. The Labute approximate surface area is 202 Å². The summed E-state index contributed by atoms with van der Waals surface area (Å²) in [5, 5.41) is 13.8. The van der Waals surface area contributed by atoms with E-state index in [1.165, 1.54) is 6.07 Å². The molecule has 0 aliphatic heterocycles. The van der Waals surface area contributed by atoms with Crippen molar-refractivity contribution in [1.29, 1.82) is 0 Å². The number of aryl methyl sites for hydroxylation is 1. The third kappa shape index (κ3) is 4.39. The Bertz CT molecular complexity index is 1250. The highest BCUT2D eigenvalue weighted by molar-refractivity contribution is 5.79. The van der Waals surface area contributed by atoms with E-state index in [-0.39, 0.29) is 11.7 Å². The molecule has 2 heterocycles. The van der Waals surface area contributed by atoms with Crippen LogP contribution in [0.25, 0.3) is 10.9 Å². The number of aromatic amines is 1. The van der Waals surface area contributed by atoms with Gasteiger partial charge in [0.25, 0.3) is 0 Å². The van der Waals surface area contributed by atoms with Crippen molar-refractivity contribution in [1.82, 2.24) is 9.97 Å². The Hall–Kier alpha value is -2.98. The predicted molar refractivity (Wildman–Crippen MR) is 138 cm³/mol. The number of benzene rings is 2. The second kappa shape index (κ2) is 8.66. The first-order valence-corrected chi connectivity index (χ1v) is 11.9. The molecule has 0 radical (unpaired) electrons. The molecule has 0 fully saturated rings. The first-order chi connectivity index (χ1) is 15.9. The summed E-state index contributed by atoms with van der Waals surface area (Å²) in [4.78, 5) is 7.79. The maximum Gasteiger partial charge on any atom is 0.123 e. The fourth-order valence-electron chi connectivity index (χ4n) is 5.40. The van der Waals surface area contributed by atoms with Crippen LogP contribution in [0, 0.1) is 18.2 Å². The second-order valence-corrected chi connectivity index (χ2v) is 11.2. The molecular formula is C30H35FN2O. The van der Waals surface area contributed by atoms with Crippen LogP contribution in [-0.4, -0.2) is 20.7 Å². The standard InChI is InChI=1S/C30H35FN2O/c1-20-12-13-23(31)17-24(20)29(5,6)19-30(34,28(2,3)4)27(21-10-8-7-9-11-21)25-16-22-14-15-32-18-26(22)33-25/h7-18,27,33-34H,19H2,1-6H3. The van der Waals surface area contributed by atoms with Crippen molar-refractivity contribution >= 4 is 10.9 Å². The smallest absolute Gasteiger partial charge is 0.123 e. The van der Waals surface area contributed by atoms with E-state index in [9.17, 15) is 9.50 Å². The Morgan fingerprint density at radius 1 is 0.971 bits per heavy atom. The lowest BCUT2D eigenvalue weighted by atomic mass is 9.59. The molecule has 0 saturated heterocycles. The average Bonchev–Trinajstić information content (AvgIpc) is 3.18. The van der Waals surface area contributed by atoms with Crippen molar-refractivity contribution in [3.05, 3.63) is 101 Å². The van der Waals surface area contributed by atoms with Gasteiger partial charge in [-0.3, -0.25) is 4.98 Å². The molecule has 0 amide bonds. The Balaban J connectivity index is 1.91. The van der Waals surface area contributed by atoms with E-state index in [1.54, 1.807) is 12.3 Å². The minimum absolute atomic E-state index is 0.254. The van der Waals surface area contributed by atoms with E-state index in [1.807, 2.05) is 43.5 Å². The molecule has 2 aromatic carbocycles. The third-order valence-electron chi connectivity index (χ3n) is 7.31. The summed E-state index contributed by atoms with van der Waals surface area (Å²) >= 11 is 0. The van der Waals surface area contributed by atoms with Crippen molar-refractivity contribution < 1.29 is 9.50 Å². The molecular weight excluding hydrogens is 423 g/mol. The Morgan fingerprint density at radius 3 is 2.32 bits per heavy atom. The van der Waals surface area contributed by atoms with E-state index in [2.05, 4.69) is 62.8 Å². The van der Waals surface area contributed by atoms with Gasteiger partial charge in [0.1, 0.15) is 5.82 Å². The highest BCUT2D eigenvalue weighted by Gasteiger charge is 2.51. The van der Waals surface area contributed by atoms with Gasteiger partial charge in [0.05, 0.1) is 23.2 Å². The summed E-state index contributed by atoms with van der Waals surface area (Å²) in [6.45, 7) is 12.5. The molecule has 2 N–H and O–H groups in total. The molecule has 2 aromatic heterocycles. The van der Waals surface area contributed by atoms with Gasteiger partial charge in [0, 0.05) is 17.3 Å². The zero-order valence-electron chi connectivity index (χ0n) is 21.0. The molecule has 4 rings (SSSR count). The van der Waals surface area contributed by atoms with Gasteiger partial charge in [-0.2, -0.15) is 0 Å². The first kappa shape index (κ1) is 24.2. The summed E-state index contributed by atoms with van der Waals surface area (Å²) in [6.07, 6.45) is 4.04. The van der Waals surface area contributed by atoms with Gasteiger partial charge in [-0.25, -0.2) is 4.39 Å². The number of rotatable bonds is 6. The van der Waals surface area contributed by atoms with Crippen LogP contribution in [0.2, 0.25) is 0 Å². The summed E-state index contributed by atoms with van der Waals surface area (Å²) in [5.74, 6) is -0.579. The van der Waals surface area contributed by atoms with Gasteiger partial charge in [-0.05, 0) is 65.1 Å². The van der Waals surface area contributed by atoms with Crippen LogP contribution in [-0.2, 0) is 5.41 Å². The van der Waals surface area contributed by atoms with Crippen molar-refractivity contribution in [2.24, 2.45) is 5.41 Å². The molecule has 4 heteroatoms. The molecule has 0 bridgehead atoms. The highest BCUT2D eigenvalue weighted by Crippen LogP contribution is 2.51. The van der Waals surface area contributed by atoms with Crippen LogP contribution in [0.3, 0.4) is 0 Å². The van der Waals surface area contributed by atoms with Gasteiger partial charge in [0.2, 0.25) is 0 Å². The molecule has 0 saturated carbocycles. The molecule has 34 heavy (non-hydrogen) atoms. The SMILES string of the molecule is Cc1ccc(F)cc1C(C)(C)CC(O)(C(c1ccccc1)c1cc2ccncc2[nH]1)C(C)(C)C. The van der Waals surface area contributed by atoms with Crippen molar-refractivity contribution in [3.63, 3.8) is 0 Å². The van der Waals surface area contributed by atoms with E-state index < -0.39 is 16.4 Å². The van der Waals surface area contributed by atoms with Gasteiger partial charge in [-0.1, -0.05) is 71.0 Å². The zero-order chi connectivity index (χ0) is 24.7. The molecule has 0 aliphatic rings. The minimum Gasteiger partial charge on any atom is -0.388 e. The van der Waals surface area contributed by atoms with E-state index in [0.717, 1.165) is 33.3 Å². The Morgan fingerprint density at radius 2 is 1.68 bits per heavy atom. The maximum absolute atomic E-state index is 14.3. The van der Waals surface area contributed by atoms with Crippen LogP contribution < -0.4 is 0 Å². The molecule has 2 unspecified atom stereocenters. The summed E-state index contributed by atoms with van der Waals surface area (Å²) in [6, 6.07) is 19.2. The fourth-order valence-corrected chi connectivity index (χ4v) is 5.40. The summed E-state index contributed by atoms with van der Waals surface area (Å²) < 4.78 is 14.3. The van der Waals surface area contributed by atoms with E-state index in [0.29, 0.717) is 6.42 Å². The van der Waals surface area contributed by atoms with Crippen molar-refractivity contribution in [2.45, 2.75) is 64.9 Å². The summed E-state index contributed by atoms with van der Waals surface area (Å²) in [5.41, 5.74) is 2.74. The van der Waals surface area contributed by atoms with Crippen LogP contribution in [0.4, 0.5) is 4.39 Å². The monoisotopic (exact) mass is 458 g/mol. The molecule has 0 aliphatic carbocycles. The Kier molecular flexibility index (Phi) is 6.15. The lowest BCUT2D eigenvalue weighted by Gasteiger charge is -2.50. The van der Waals surface area contributed by atoms with Gasteiger partial charge in [-0.15, -0.1) is 0 Å². The van der Waals surface area contributed by atoms with Gasteiger partial charge in [0.15, 0.2) is 0 Å². The lowest BCUT2D eigenvalue weighted by Crippen LogP contribution is -2.52. The number of nitrogens with one attached hydrogen (secondary N) is 1. The van der Waals surface area contributed by atoms with Gasteiger partial charge >= 0.3 is 0 Å². The van der Waals surface area contributed by atoms with Crippen molar-refractivity contribution in [2.75, 3.05) is 0 Å². The maximum atomic E-state index is 14.3. The first-order valence-electron chi connectivity index (χ1n) is 11.9. The number of hydrogen-bond acceptors (Lipinski definition) is 2. The normalized spacial score (nSPS) is 15.3. The average molecular weight is 459 g/mol. The third-order valence-corrected chi connectivity index (χ3v) is 7.31. The second-order valence-electron chi connectivity index (χ2n) is 11.2. The number of H-pyrrole nitrogens is 1. The highest BCUT2D eigenvalue weighted by atomic mass is 19.1. The molecule has 4 aromatic rings. The topological polar surface area (TPSA) is 48.9 Å². The predicted octanol–water partition coefficient (Wildman–Crippen LogP) is 7.29. The molecule has 3 nitrogen and oxygen atoms in total. The number of aliphatic hydroxyl groups is 1. The van der Waals surface area contributed by atoms with E-state index in [4.69, 9.17) is 0 Å². The number of fused-ring (bicyclic) bond motifs is 1. The zero-order valence-corrected chi connectivity index (χ0v) is 21.0. The summed E-state index contributed by atoms with van der Waals surface area (Å²) in [7, 11) is 0. The molecule has 0 spiro atoms. The number of nitrogens with zero attached hydrogens (tertiary/aromatic N) is 1. The molecule has 178 valence electrons. The van der Waals surface area contributed by atoms with Crippen LogP contribution in [0.5, 0.6) is 0 Å². The van der Waals surface area contributed by atoms with E-state index >= 15 is 0 Å². The number of halogens is 1. The minimum atomic E-state index is -1.16. The number of pyridine rings is 1. The van der Waals surface area contributed by atoms with Crippen LogP contribution in [0.15, 0.2) is 73.1 Å². The number of aromatic nitrogens is 2. The number of hydrogen-bond donors (Lipinski definition) is 2. The van der Waals surface area contributed by atoms with Crippen LogP contribution in [0.1, 0.15) is 69.3 Å². The largest absolute Gasteiger partial charge is 0.388 e. The quantitative estimate of drug-likeness (QED) is 0.319.